The third kappa shape index (κ3) is 4.55. The van der Waals surface area contributed by atoms with Crippen LogP contribution in [0.4, 0.5) is 0 Å². The van der Waals surface area contributed by atoms with Gasteiger partial charge in [0, 0.05) is 18.3 Å². The topological polar surface area (TPSA) is 37.8 Å². The summed E-state index contributed by atoms with van der Waals surface area (Å²) in [7, 11) is 0. The van der Waals surface area contributed by atoms with Crippen molar-refractivity contribution in [2.45, 2.75) is 59.3 Å². The molecule has 1 aromatic heterocycles. The molecular formula is C17H29N3. The van der Waals surface area contributed by atoms with Gasteiger partial charge in [-0.1, -0.05) is 20.8 Å². The second-order valence-electron chi connectivity index (χ2n) is 6.50. The van der Waals surface area contributed by atoms with E-state index in [4.69, 9.17) is 4.98 Å². The summed E-state index contributed by atoms with van der Waals surface area (Å²) in [5.41, 5.74) is 2.69. The quantitative estimate of drug-likeness (QED) is 0.777. The monoisotopic (exact) mass is 275 g/mol. The second kappa shape index (κ2) is 7.72. The first-order chi connectivity index (χ1) is 9.69. The van der Waals surface area contributed by atoms with Crippen molar-refractivity contribution < 1.29 is 0 Å². The van der Waals surface area contributed by atoms with E-state index >= 15 is 0 Å². The molecule has 0 spiro atoms. The number of hydrogen-bond acceptors (Lipinski definition) is 3. The Hall–Kier alpha value is -0.960. The van der Waals surface area contributed by atoms with Crippen LogP contribution in [0.15, 0.2) is 6.20 Å². The van der Waals surface area contributed by atoms with Crippen LogP contribution in [0.3, 0.4) is 0 Å². The van der Waals surface area contributed by atoms with Gasteiger partial charge in [0.1, 0.15) is 5.82 Å². The highest BCUT2D eigenvalue weighted by atomic mass is 14.9. The molecular weight excluding hydrogens is 246 g/mol. The summed E-state index contributed by atoms with van der Waals surface area (Å²) in [6, 6.07) is 0. The van der Waals surface area contributed by atoms with Gasteiger partial charge in [-0.3, -0.25) is 0 Å². The predicted octanol–water partition coefficient (Wildman–Crippen LogP) is 3.17. The largest absolute Gasteiger partial charge is 0.316 e. The van der Waals surface area contributed by atoms with Crippen LogP contribution >= 0.6 is 0 Å². The highest BCUT2D eigenvalue weighted by Gasteiger charge is 2.20. The Bertz CT molecular complexity index is 415. The summed E-state index contributed by atoms with van der Waals surface area (Å²) in [5, 5.41) is 3.54. The third-order valence-electron chi connectivity index (χ3n) is 4.11. The molecule has 0 amide bonds. The van der Waals surface area contributed by atoms with Gasteiger partial charge in [-0.15, -0.1) is 0 Å². The van der Waals surface area contributed by atoms with E-state index in [0.717, 1.165) is 50.0 Å². The minimum atomic E-state index is 0.726. The van der Waals surface area contributed by atoms with Gasteiger partial charge in [0.2, 0.25) is 0 Å². The van der Waals surface area contributed by atoms with Crippen molar-refractivity contribution in [2.75, 3.05) is 13.1 Å². The van der Waals surface area contributed by atoms with Gasteiger partial charge in [0.05, 0.1) is 0 Å². The molecule has 112 valence electrons. The number of fused-ring (bicyclic) bond motifs is 1. The Kier molecular flexibility index (Phi) is 5.96. The van der Waals surface area contributed by atoms with Crippen molar-refractivity contribution >= 4 is 0 Å². The maximum Gasteiger partial charge on any atom is 0.128 e. The molecule has 3 heteroatoms. The van der Waals surface area contributed by atoms with Crippen molar-refractivity contribution in [3.8, 4) is 0 Å². The fourth-order valence-electron chi connectivity index (χ4n) is 2.82. The molecule has 20 heavy (non-hydrogen) atoms. The number of rotatable bonds is 7. The van der Waals surface area contributed by atoms with Gasteiger partial charge in [0.15, 0.2) is 0 Å². The second-order valence-corrected chi connectivity index (χ2v) is 6.50. The molecule has 0 saturated carbocycles. The molecule has 3 nitrogen and oxygen atoms in total. The molecule has 0 aliphatic heterocycles. The van der Waals surface area contributed by atoms with E-state index < -0.39 is 0 Å². The van der Waals surface area contributed by atoms with Crippen LogP contribution in [-0.2, 0) is 19.3 Å². The minimum Gasteiger partial charge on any atom is -0.316 e. The lowest BCUT2D eigenvalue weighted by atomic mass is 9.87. The van der Waals surface area contributed by atoms with Crippen LogP contribution in [0.2, 0.25) is 0 Å². The minimum absolute atomic E-state index is 0.726. The van der Waals surface area contributed by atoms with Crippen molar-refractivity contribution in [2.24, 2.45) is 11.8 Å². The maximum absolute atomic E-state index is 4.78. The zero-order chi connectivity index (χ0) is 14.4. The van der Waals surface area contributed by atoms with E-state index in [1.54, 1.807) is 0 Å². The summed E-state index contributed by atoms with van der Waals surface area (Å²) in [5.74, 6) is 2.53. The van der Waals surface area contributed by atoms with Gasteiger partial charge < -0.3 is 5.32 Å². The number of aromatic nitrogens is 2. The smallest absolute Gasteiger partial charge is 0.128 e. The normalized spacial score (nSPS) is 18.3. The average Bonchev–Trinajstić information content (AvgIpc) is 2.45. The van der Waals surface area contributed by atoms with Crippen LogP contribution in [-0.4, -0.2) is 23.1 Å². The van der Waals surface area contributed by atoms with Gasteiger partial charge >= 0.3 is 0 Å². The molecule has 1 N–H and O–H groups in total. The average molecular weight is 275 g/mol. The lowest BCUT2D eigenvalue weighted by molar-refractivity contribution is 0.418. The molecule has 1 aliphatic rings. The fraction of sp³-hybridized carbons (Fsp3) is 0.765. The summed E-state index contributed by atoms with van der Waals surface area (Å²) in [4.78, 5) is 9.35. The SMILES string of the molecule is CCCNCC1CCc2nc(CCC(C)C)ncc2C1. The Morgan fingerprint density at radius 2 is 2.25 bits per heavy atom. The van der Waals surface area contributed by atoms with Gasteiger partial charge in [-0.05, 0) is 62.6 Å². The molecule has 0 saturated heterocycles. The van der Waals surface area contributed by atoms with Gasteiger partial charge in [-0.2, -0.15) is 0 Å². The van der Waals surface area contributed by atoms with Crippen molar-refractivity contribution in [1.29, 1.82) is 0 Å². The molecule has 1 aromatic rings. The number of hydrogen-bond donors (Lipinski definition) is 1. The lowest BCUT2D eigenvalue weighted by Crippen LogP contribution is -2.28. The van der Waals surface area contributed by atoms with Crippen molar-refractivity contribution in [3.63, 3.8) is 0 Å². The summed E-state index contributed by atoms with van der Waals surface area (Å²) >= 11 is 0. The van der Waals surface area contributed by atoms with E-state index in [0.29, 0.717) is 0 Å². The first-order valence-electron chi connectivity index (χ1n) is 8.23. The molecule has 0 bridgehead atoms. The van der Waals surface area contributed by atoms with Gasteiger partial charge in [-0.25, -0.2) is 9.97 Å². The van der Waals surface area contributed by atoms with E-state index in [1.807, 2.05) is 0 Å². The molecule has 1 atom stereocenters. The van der Waals surface area contributed by atoms with Crippen LogP contribution in [0.5, 0.6) is 0 Å². The lowest BCUT2D eigenvalue weighted by Gasteiger charge is -2.24. The number of aryl methyl sites for hydroxylation is 2. The van der Waals surface area contributed by atoms with E-state index in [-0.39, 0.29) is 0 Å². The molecule has 0 radical (unpaired) electrons. The van der Waals surface area contributed by atoms with Crippen LogP contribution in [0.1, 0.15) is 57.1 Å². The zero-order valence-electron chi connectivity index (χ0n) is 13.3. The number of nitrogens with zero attached hydrogens (tertiary/aromatic N) is 2. The van der Waals surface area contributed by atoms with Gasteiger partial charge in [0.25, 0.3) is 0 Å². The molecule has 1 unspecified atom stereocenters. The molecule has 2 rings (SSSR count). The van der Waals surface area contributed by atoms with E-state index in [2.05, 4.69) is 37.3 Å². The highest BCUT2D eigenvalue weighted by Crippen LogP contribution is 2.23. The first-order valence-corrected chi connectivity index (χ1v) is 8.23. The van der Waals surface area contributed by atoms with Crippen LogP contribution < -0.4 is 5.32 Å². The summed E-state index contributed by atoms with van der Waals surface area (Å²) in [6.45, 7) is 9.00. The summed E-state index contributed by atoms with van der Waals surface area (Å²) in [6.07, 6.45) is 9.05. The highest BCUT2D eigenvalue weighted by molar-refractivity contribution is 5.21. The summed E-state index contributed by atoms with van der Waals surface area (Å²) < 4.78 is 0. The van der Waals surface area contributed by atoms with E-state index in [9.17, 15) is 0 Å². The predicted molar refractivity (Wildman–Crippen MR) is 83.9 cm³/mol. The molecule has 1 heterocycles. The van der Waals surface area contributed by atoms with Crippen LogP contribution in [0, 0.1) is 11.8 Å². The third-order valence-corrected chi connectivity index (χ3v) is 4.11. The zero-order valence-corrected chi connectivity index (χ0v) is 13.3. The van der Waals surface area contributed by atoms with Crippen molar-refractivity contribution in [1.82, 2.24) is 15.3 Å². The van der Waals surface area contributed by atoms with Crippen molar-refractivity contribution in [3.05, 3.63) is 23.3 Å². The molecule has 0 fully saturated rings. The standard InChI is InChI=1S/C17H29N3/c1-4-9-18-11-14-6-7-16-15(10-14)12-19-17(20-16)8-5-13(2)3/h12-14,18H,4-11H2,1-3H3. The Morgan fingerprint density at radius 3 is 3.00 bits per heavy atom. The Labute approximate surface area is 123 Å². The van der Waals surface area contributed by atoms with E-state index in [1.165, 1.54) is 30.5 Å². The Morgan fingerprint density at radius 1 is 1.40 bits per heavy atom. The molecule has 1 aliphatic carbocycles. The van der Waals surface area contributed by atoms with Crippen LogP contribution in [0.25, 0.3) is 0 Å². The number of nitrogens with one attached hydrogen (secondary N) is 1. The first kappa shape index (κ1) is 15.4. The fourth-order valence-corrected chi connectivity index (χ4v) is 2.82. The molecule has 0 aromatic carbocycles. The maximum atomic E-state index is 4.78. The Balaban J connectivity index is 1.90.